The molecule has 2 fully saturated rings. The Morgan fingerprint density at radius 3 is 2.64 bits per heavy atom. The molecule has 33 heavy (non-hydrogen) atoms. The Morgan fingerprint density at radius 1 is 1.24 bits per heavy atom. The molecule has 0 saturated carbocycles. The van der Waals surface area contributed by atoms with Crippen LogP contribution in [0.2, 0.25) is 0 Å². The van der Waals surface area contributed by atoms with Gasteiger partial charge in [-0.3, -0.25) is 14.6 Å². The molecule has 1 amide bonds. The van der Waals surface area contributed by atoms with E-state index in [1.165, 1.54) is 4.90 Å². The fourth-order valence-corrected chi connectivity index (χ4v) is 4.56. The number of pyridine rings is 1. The van der Waals surface area contributed by atoms with Gasteiger partial charge in [0.15, 0.2) is 0 Å². The number of ether oxygens (including phenoxy) is 2. The van der Waals surface area contributed by atoms with Crippen molar-refractivity contribution in [1.29, 1.82) is 0 Å². The predicted molar refractivity (Wildman–Crippen MR) is 124 cm³/mol. The highest BCUT2D eigenvalue weighted by Gasteiger charge is 2.47. The molecular formula is C26H30N2O5. The van der Waals surface area contributed by atoms with Crippen molar-refractivity contribution < 1.29 is 24.2 Å². The number of ketones is 1. The Bertz CT molecular complexity index is 1060. The molecule has 174 valence electrons. The number of carbonyl (C=O) groups is 2. The Balaban J connectivity index is 1.81. The molecular weight excluding hydrogens is 420 g/mol. The zero-order chi connectivity index (χ0) is 23.5. The number of nitrogens with zero attached hydrogens (tertiary/aromatic N) is 2. The zero-order valence-corrected chi connectivity index (χ0v) is 19.3. The average molecular weight is 451 g/mol. The number of amides is 1. The molecule has 2 unspecified atom stereocenters. The van der Waals surface area contributed by atoms with E-state index >= 15 is 0 Å². The van der Waals surface area contributed by atoms with E-state index in [4.69, 9.17) is 9.47 Å². The van der Waals surface area contributed by atoms with E-state index in [0.29, 0.717) is 25.3 Å². The molecule has 1 aromatic heterocycles. The van der Waals surface area contributed by atoms with Gasteiger partial charge in [0.1, 0.15) is 11.5 Å². The quantitative estimate of drug-likeness (QED) is 0.386. The van der Waals surface area contributed by atoms with Crippen LogP contribution in [0.25, 0.3) is 5.76 Å². The number of hydrogen-bond donors (Lipinski definition) is 1. The molecule has 7 heteroatoms. The predicted octanol–water partition coefficient (Wildman–Crippen LogP) is 4.20. The van der Waals surface area contributed by atoms with E-state index in [1.54, 1.807) is 36.7 Å². The minimum atomic E-state index is -0.703. The molecule has 2 saturated heterocycles. The van der Waals surface area contributed by atoms with Crippen molar-refractivity contribution in [3.63, 3.8) is 0 Å². The number of aliphatic hydroxyl groups excluding tert-OH is 1. The van der Waals surface area contributed by atoms with Gasteiger partial charge in [-0.05, 0) is 67.1 Å². The molecule has 4 rings (SSSR count). The van der Waals surface area contributed by atoms with Gasteiger partial charge in [0.25, 0.3) is 11.7 Å². The molecule has 2 aromatic rings. The molecule has 3 heterocycles. The topological polar surface area (TPSA) is 89.0 Å². The maximum atomic E-state index is 13.2. The van der Waals surface area contributed by atoms with Crippen LogP contribution in [0.4, 0.5) is 0 Å². The number of aliphatic hydroxyl groups is 1. The minimum Gasteiger partial charge on any atom is -0.507 e. The fourth-order valence-electron chi connectivity index (χ4n) is 4.56. The largest absolute Gasteiger partial charge is 0.507 e. The monoisotopic (exact) mass is 450 g/mol. The molecule has 2 atom stereocenters. The van der Waals surface area contributed by atoms with Crippen LogP contribution in [0.3, 0.4) is 0 Å². The number of hydrogen-bond acceptors (Lipinski definition) is 6. The summed E-state index contributed by atoms with van der Waals surface area (Å²) in [6.45, 7) is 7.48. The number of benzene rings is 1. The Hall–Kier alpha value is -3.19. The summed E-state index contributed by atoms with van der Waals surface area (Å²) in [6.07, 6.45) is 4.89. The number of carbonyl (C=O) groups excluding carboxylic acids is 2. The summed E-state index contributed by atoms with van der Waals surface area (Å²) in [4.78, 5) is 31.9. The molecule has 0 bridgehead atoms. The highest BCUT2D eigenvalue weighted by Crippen LogP contribution is 2.40. The number of likely N-dealkylation sites (tertiary alicyclic amines) is 1. The first-order valence-electron chi connectivity index (χ1n) is 11.5. The van der Waals surface area contributed by atoms with Crippen molar-refractivity contribution in [3.8, 4) is 5.75 Å². The van der Waals surface area contributed by atoms with Gasteiger partial charge in [-0.25, -0.2) is 0 Å². The Labute approximate surface area is 194 Å². The van der Waals surface area contributed by atoms with E-state index in [1.807, 2.05) is 26.8 Å². The summed E-state index contributed by atoms with van der Waals surface area (Å²) in [7, 11) is 0. The van der Waals surface area contributed by atoms with Crippen LogP contribution in [0.1, 0.15) is 62.3 Å². The number of aromatic nitrogens is 1. The van der Waals surface area contributed by atoms with Crippen molar-refractivity contribution in [2.45, 2.75) is 51.7 Å². The van der Waals surface area contributed by atoms with Gasteiger partial charge in [0.2, 0.25) is 0 Å². The van der Waals surface area contributed by atoms with E-state index in [9.17, 15) is 14.7 Å². The molecule has 7 nitrogen and oxygen atoms in total. The van der Waals surface area contributed by atoms with Crippen molar-refractivity contribution >= 4 is 17.4 Å². The van der Waals surface area contributed by atoms with Crippen molar-refractivity contribution in [2.75, 3.05) is 19.8 Å². The SMILES string of the molecule is CCOc1ccc(/C(O)=C2/C(=O)C(=O)N(CC3CCCO3)C2c2ccncc2)cc1C(C)C. The third-order valence-corrected chi connectivity index (χ3v) is 6.19. The third kappa shape index (κ3) is 4.50. The fraction of sp³-hybridized carbons (Fsp3) is 0.423. The number of rotatable bonds is 7. The second-order valence-corrected chi connectivity index (χ2v) is 8.71. The van der Waals surface area contributed by atoms with Gasteiger partial charge in [0, 0.05) is 31.1 Å². The summed E-state index contributed by atoms with van der Waals surface area (Å²) in [5.74, 6) is -0.600. The second-order valence-electron chi connectivity index (χ2n) is 8.71. The third-order valence-electron chi connectivity index (χ3n) is 6.19. The molecule has 1 N–H and O–H groups in total. The first-order valence-corrected chi connectivity index (χ1v) is 11.5. The lowest BCUT2D eigenvalue weighted by atomic mass is 9.93. The zero-order valence-electron chi connectivity index (χ0n) is 19.3. The van der Waals surface area contributed by atoms with Gasteiger partial charge >= 0.3 is 0 Å². The molecule has 2 aliphatic rings. The van der Waals surface area contributed by atoms with Crippen LogP contribution in [-0.2, 0) is 14.3 Å². The Kier molecular flexibility index (Phi) is 6.79. The second kappa shape index (κ2) is 9.75. The summed E-state index contributed by atoms with van der Waals surface area (Å²) in [5.41, 5.74) is 2.22. The van der Waals surface area contributed by atoms with Crippen molar-refractivity contribution in [3.05, 3.63) is 65.0 Å². The van der Waals surface area contributed by atoms with Gasteiger partial charge in [-0.15, -0.1) is 0 Å². The molecule has 0 aliphatic carbocycles. The lowest BCUT2D eigenvalue weighted by Crippen LogP contribution is -2.36. The first kappa shape index (κ1) is 23.0. The van der Waals surface area contributed by atoms with Crippen molar-refractivity contribution in [2.24, 2.45) is 0 Å². The van der Waals surface area contributed by atoms with Gasteiger partial charge in [-0.1, -0.05) is 13.8 Å². The summed E-state index contributed by atoms with van der Waals surface area (Å²) in [6, 6.07) is 8.20. The van der Waals surface area contributed by atoms with Crippen LogP contribution in [-0.4, -0.2) is 52.5 Å². The molecule has 0 spiro atoms. The van der Waals surface area contributed by atoms with Crippen LogP contribution in [0, 0.1) is 0 Å². The lowest BCUT2D eigenvalue weighted by Gasteiger charge is -2.27. The van der Waals surface area contributed by atoms with E-state index in [2.05, 4.69) is 4.98 Å². The standard InChI is InChI=1S/C26H30N2O5/c1-4-32-21-8-7-18(14-20(21)16(2)3)24(29)22-23(17-9-11-27-12-10-17)28(26(31)25(22)30)15-19-6-5-13-33-19/h7-12,14,16,19,23,29H,4-6,13,15H2,1-3H3/b24-22-. The van der Waals surface area contributed by atoms with Crippen LogP contribution < -0.4 is 4.74 Å². The van der Waals surface area contributed by atoms with E-state index < -0.39 is 17.7 Å². The highest BCUT2D eigenvalue weighted by atomic mass is 16.5. The van der Waals surface area contributed by atoms with E-state index in [0.717, 1.165) is 29.7 Å². The maximum absolute atomic E-state index is 13.2. The van der Waals surface area contributed by atoms with E-state index in [-0.39, 0.29) is 23.4 Å². The van der Waals surface area contributed by atoms with Gasteiger partial charge < -0.3 is 19.5 Å². The number of Topliss-reactive ketones (excluding diaryl/α,β-unsaturated/α-hetero) is 1. The van der Waals surface area contributed by atoms with Crippen LogP contribution in [0.15, 0.2) is 48.3 Å². The summed E-state index contributed by atoms with van der Waals surface area (Å²) < 4.78 is 11.5. The minimum absolute atomic E-state index is 0.0862. The summed E-state index contributed by atoms with van der Waals surface area (Å²) >= 11 is 0. The Morgan fingerprint density at radius 2 is 2.00 bits per heavy atom. The van der Waals surface area contributed by atoms with Crippen LogP contribution >= 0.6 is 0 Å². The molecule has 0 radical (unpaired) electrons. The summed E-state index contributed by atoms with van der Waals surface area (Å²) in [5, 5.41) is 11.3. The van der Waals surface area contributed by atoms with Gasteiger partial charge in [0.05, 0.1) is 24.3 Å². The van der Waals surface area contributed by atoms with Crippen molar-refractivity contribution in [1.82, 2.24) is 9.88 Å². The molecule has 2 aliphatic heterocycles. The van der Waals surface area contributed by atoms with Crippen LogP contribution in [0.5, 0.6) is 5.75 Å². The maximum Gasteiger partial charge on any atom is 0.295 e. The normalized spacial score (nSPS) is 22.4. The average Bonchev–Trinajstić information content (AvgIpc) is 3.42. The molecule has 1 aromatic carbocycles. The highest BCUT2D eigenvalue weighted by molar-refractivity contribution is 6.46. The smallest absolute Gasteiger partial charge is 0.295 e. The lowest BCUT2D eigenvalue weighted by molar-refractivity contribution is -0.140. The van der Waals surface area contributed by atoms with Gasteiger partial charge in [-0.2, -0.15) is 0 Å². The first-order chi connectivity index (χ1) is 15.9.